The Morgan fingerprint density at radius 3 is 2.53 bits per heavy atom. The highest BCUT2D eigenvalue weighted by molar-refractivity contribution is 5.90. The zero-order valence-electron chi connectivity index (χ0n) is 9.64. The molecule has 0 aliphatic carbocycles. The Labute approximate surface area is 99.8 Å². The molecule has 90 valence electrons. The van der Waals surface area contributed by atoms with E-state index in [4.69, 9.17) is 4.74 Å². The zero-order chi connectivity index (χ0) is 12.7. The van der Waals surface area contributed by atoms with Gasteiger partial charge in [0.15, 0.2) is 0 Å². The summed E-state index contributed by atoms with van der Waals surface area (Å²) >= 11 is 0. The second-order valence-corrected chi connectivity index (χ2v) is 3.32. The quantitative estimate of drug-likeness (QED) is 0.443. The number of esters is 2. The van der Waals surface area contributed by atoms with E-state index in [0.29, 0.717) is 5.56 Å². The summed E-state index contributed by atoms with van der Waals surface area (Å²) in [5.41, 5.74) is 1.36. The molecular weight excluding hydrogens is 220 g/mol. The van der Waals surface area contributed by atoms with Crippen molar-refractivity contribution in [2.24, 2.45) is 0 Å². The molecule has 0 heterocycles. The first-order valence-electron chi connectivity index (χ1n) is 5.17. The minimum atomic E-state index is -0.531. The van der Waals surface area contributed by atoms with Crippen molar-refractivity contribution in [3.8, 4) is 0 Å². The second-order valence-electron chi connectivity index (χ2n) is 3.32. The van der Waals surface area contributed by atoms with E-state index in [1.165, 1.54) is 0 Å². The third-order valence-electron chi connectivity index (χ3n) is 2.09. The van der Waals surface area contributed by atoms with Crippen molar-refractivity contribution in [3.05, 3.63) is 48.0 Å². The Morgan fingerprint density at radius 1 is 1.24 bits per heavy atom. The van der Waals surface area contributed by atoms with Crippen molar-refractivity contribution >= 4 is 11.9 Å². The Morgan fingerprint density at radius 2 is 1.88 bits per heavy atom. The maximum absolute atomic E-state index is 11.6. The lowest BCUT2D eigenvalue weighted by atomic mass is 10.1. The van der Waals surface area contributed by atoms with Gasteiger partial charge in [0.2, 0.25) is 0 Å². The molecule has 0 aromatic heterocycles. The van der Waals surface area contributed by atoms with Gasteiger partial charge >= 0.3 is 11.9 Å². The molecule has 0 radical (unpaired) electrons. The number of rotatable bonds is 5. The van der Waals surface area contributed by atoms with Gasteiger partial charge in [-0.25, -0.2) is 9.59 Å². The van der Waals surface area contributed by atoms with Gasteiger partial charge in [-0.05, 0) is 18.6 Å². The number of ether oxygens (including phenoxy) is 2. The summed E-state index contributed by atoms with van der Waals surface area (Å²) in [6, 6.07) is 7.13. The molecule has 0 saturated heterocycles. The Kier molecular flexibility index (Phi) is 4.94. The molecular formula is C13H14O4. The third kappa shape index (κ3) is 4.10. The first-order valence-corrected chi connectivity index (χ1v) is 5.17. The van der Waals surface area contributed by atoms with Crippen LogP contribution >= 0.6 is 0 Å². The zero-order valence-corrected chi connectivity index (χ0v) is 9.64. The van der Waals surface area contributed by atoms with Crippen LogP contribution in [0.25, 0.3) is 0 Å². The highest BCUT2D eigenvalue weighted by Gasteiger charge is 2.09. The molecule has 0 atom stereocenters. The summed E-state index contributed by atoms with van der Waals surface area (Å²) in [7, 11) is 0. The van der Waals surface area contributed by atoms with Crippen LogP contribution in [0.2, 0.25) is 0 Å². The molecule has 0 aliphatic heterocycles. The van der Waals surface area contributed by atoms with E-state index in [-0.39, 0.29) is 13.2 Å². The van der Waals surface area contributed by atoms with Crippen LogP contribution < -0.4 is 0 Å². The van der Waals surface area contributed by atoms with E-state index >= 15 is 0 Å². The van der Waals surface area contributed by atoms with Gasteiger partial charge in [-0.15, -0.1) is 0 Å². The lowest BCUT2D eigenvalue weighted by molar-refractivity contribution is -0.138. The van der Waals surface area contributed by atoms with E-state index in [0.717, 1.165) is 11.6 Å². The molecule has 0 spiro atoms. The van der Waals surface area contributed by atoms with Crippen LogP contribution in [0.4, 0.5) is 0 Å². The molecule has 1 aromatic carbocycles. The van der Waals surface area contributed by atoms with Gasteiger partial charge in [0, 0.05) is 6.08 Å². The number of aryl methyl sites for hydroxylation is 1. The molecule has 0 unspecified atom stereocenters. The Balaban J connectivity index is 2.38. The van der Waals surface area contributed by atoms with Crippen LogP contribution in [0.15, 0.2) is 36.9 Å². The SMILES string of the molecule is C=CC(=O)OCCOC(=O)c1ccccc1C. The number of carbonyl (C=O) groups excluding carboxylic acids is 2. The van der Waals surface area contributed by atoms with Gasteiger partial charge in [-0.2, -0.15) is 0 Å². The predicted molar refractivity (Wildman–Crippen MR) is 62.6 cm³/mol. The first-order chi connectivity index (χ1) is 8.15. The standard InChI is InChI=1S/C13H14O4/c1-3-12(14)16-8-9-17-13(15)11-7-5-4-6-10(11)2/h3-7H,1,8-9H2,2H3. The summed E-state index contributed by atoms with van der Waals surface area (Å²) in [6.45, 7) is 5.14. The lowest BCUT2D eigenvalue weighted by Gasteiger charge is -2.06. The minimum absolute atomic E-state index is 0.0302. The minimum Gasteiger partial charge on any atom is -0.459 e. The van der Waals surface area contributed by atoms with Crippen LogP contribution in [0.1, 0.15) is 15.9 Å². The molecule has 4 nitrogen and oxygen atoms in total. The third-order valence-corrected chi connectivity index (χ3v) is 2.09. The van der Waals surface area contributed by atoms with E-state index in [1.54, 1.807) is 12.1 Å². The predicted octanol–water partition coefficient (Wildman–Crippen LogP) is 1.88. The summed E-state index contributed by atoms with van der Waals surface area (Å²) in [4.78, 5) is 22.3. The molecule has 4 heteroatoms. The average molecular weight is 234 g/mol. The van der Waals surface area contributed by atoms with Crippen molar-refractivity contribution in [2.75, 3.05) is 13.2 Å². The van der Waals surface area contributed by atoms with Gasteiger partial charge in [-0.3, -0.25) is 0 Å². The highest BCUT2D eigenvalue weighted by Crippen LogP contribution is 2.08. The number of hydrogen-bond acceptors (Lipinski definition) is 4. The molecule has 0 aliphatic rings. The fraction of sp³-hybridized carbons (Fsp3) is 0.231. The maximum Gasteiger partial charge on any atom is 0.338 e. The monoisotopic (exact) mass is 234 g/mol. The van der Waals surface area contributed by atoms with Crippen molar-refractivity contribution in [1.29, 1.82) is 0 Å². The van der Waals surface area contributed by atoms with Gasteiger partial charge in [0.1, 0.15) is 13.2 Å². The van der Waals surface area contributed by atoms with Gasteiger partial charge < -0.3 is 9.47 Å². The van der Waals surface area contributed by atoms with Crippen molar-refractivity contribution in [2.45, 2.75) is 6.92 Å². The topological polar surface area (TPSA) is 52.6 Å². The molecule has 0 saturated carbocycles. The fourth-order valence-corrected chi connectivity index (χ4v) is 1.22. The first kappa shape index (κ1) is 13.0. The maximum atomic E-state index is 11.6. The van der Waals surface area contributed by atoms with Crippen LogP contribution in [-0.2, 0) is 14.3 Å². The van der Waals surface area contributed by atoms with Crippen molar-refractivity contribution < 1.29 is 19.1 Å². The number of hydrogen-bond donors (Lipinski definition) is 0. The van der Waals surface area contributed by atoms with Gasteiger partial charge in [-0.1, -0.05) is 24.8 Å². The van der Waals surface area contributed by atoms with Gasteiger partial charge in [0.25, 0.3) is 0 Å². The van der Waals surface area contributed by atoms with Crippen LogP contribution in [-0.4, -0.2) is 25.2 Å². The summed E-state index contributed by atoms with van der Waals surface area (Å²) in [5.74, 6) is -0.949. The fourth-order valence-electron chi connectivity index (χ4n) is 1.22. The number of carbonyl (C=O) groups is 2. The van der Waals surface area contributed by atoms with Crippen LogP contribution in [0.3, 0.4) is 0 Å². The normalized spacial score (nSPS) is 9.47. The Hall–Kier alpha value is -2.10. The van der Waals surface area contributed by atoms with Crippen molar-refractivity contribution in [3.63, 3.8) is 0 Å². The van der Waals surface area contributed by atoms with E-state index in [9.17, 15) is 9.59 Å². The van der Waals surface area contributed by atoms with E-state index in [1.807, 2.05) is 19.1 Å². The summed E-state index contributed by atoms with van der Waals surface area (Å²) < 4.78 is 9.63. The number of benzene rings is 1. The van der Waals surface area contributed by atoms with Crippen LogP contribution in [0.5, 0.6) is 0 Å². The average Bonchev–Trinajstić information content (AvgIpc) is 2.34. The summed E-state index contributed by atoms with van der Waals surface area (Å²) in [5, 5.41) is 0. The molecule has 0 amide bonds. The van der Waals surface area contributed by atoms with E-state index in [2.05, 4.69) is 11.3 Å². The highest BCUT2D eigenvalue weighted by atomic mass is 16.6. The summed E-state index contributed by atoms with van der Waals surface area (Å²) in [6.07, 6.45) is 1.06. The van der Waals surface area contributed by atoms with E-state index < -0.39 is 11.9 Å². The van der Waals surface area contributed by atoms with Gasteiger partial charge in [0.05, 0.1) is 5.56 Å². The smallest absolute Gasteiger partial charge is 0.338 e. The molecule has 1 rings (SSSR count). The lowest BCUT2D eigenvalue weighted by Crippen LogP contribution is -2.13. The second kappa shape index (κ2) is 6.48. The molecule has 17 heavy (non-hydrogen) atoms. The van der Waals surface area contributed by atoms with Crippen molar-refractivity contribution in [1.82, 2.24) is 0 Å². The molecule has 0 N–H and O–H groups in total. The Bertz CT molecular complexity index is 423. The molecule has 0 bridgehead atoms. The molecule has 0 fully saturated rings. The van der Waals surface area contributed by atoms with Crippen LogP contribution in [0, 0.1) is 6.92 Å². The largest absolute Gasteiger partial charge is 0.459 e. The molecule has 1 aromatic rings.